The number of amides is 1. The Morgan fingerprint density at radius 1 is 1.14 bits per heavy atom. The smallest absolute Gasteiger partial charge is 0.223 e. The van der Waals surface area contributed by atoms with Crippen molar-refractivity contribution in [2.75, 3.05) is 31.9 Å². The number of nitrogen functional groups attached to an aromatic ring is 1. The van der Waals surface area contributed by atoms with Crippen LogP contribution in [0.3, 0.4) is 0 Å². The Bertz CT molecular complexity index is 976. The highest BCUT2D eigenvalue weighted by Gasteiger charge is 2.25. The van der Waals surface area contributed by atoms with Gasteiger partial charge in [-0.2, -0.15) is 0 Å². The normalized spacial score (nSPS) is 15.9. The third-order valence-electron chi connectivity index (χ3n) is 5.23. The standard InChI is InChI=1S/C22H29N5OS/c1-22(2,3)12-20(28)26-10-8-25(9-11-26)13-16-14-27-15-19(24-21(27)29-16)17-6-4-5-7-18(17)23/h4-7,14-15H,8-13,23H2,1-3H3. The molecule has 3 aromatic rings. The number of aromatic nitrogens is 2. The maximum absolute atomic E-state index is 12.4. The number of carbonyl (C=O) groups is 1. The van der Waals surface area contributed by atoms with E-state index in [0.29, 0.717) is 6.42 Å². The third-order valence-corrected chi connectivity index (χ3v) is 6.21. The predicted molar refractivity (Wildman–Crippen MR) is 119 cm³/mol. The summed E-state index contributed by atoms with van der Waals surface area (Å²) in [7, 11) is 0. The molecule has 2 N–H and O–H groups in total. The molecule has 1 aliphatic rings. The van der Waals surface area contributed by atoms with Crippen LogP contribution in [0.4, 0.5) is 5.69 Å². The monoisotopic (exact) mass is 411 g/mol. The van der Waals surface area contributed by atoms with Crippen LogP contribution in [0.25, 0.3) is 16.2 Å². The average molecular weight is 412 g/mol. The lowest BCUT2D eigenvalue weighted by Crippen LogP contribution is -2.48. The minimum Gasteiger partial charge on any atom is -0.398 e. The number of carbonyl (C=O) groups excluding carboxylic acids is 1. The number of anilines is 1. The lowest BCUT2D eigenvalue weighted by Gasteiger charge is -2.35. The summed E-state index contributed by atoms with van der Waals surface area (Å²) in [5.74, 6) is 0.277. The number of rotatable bonds is 4. The summed E-state index contributed by atoms with van der Waals surface area (Å²) in [6.45, 7) is 10.7. The van der Waals surface area contributed by atoms with Gasteiger partial charge in [0.15, 0.2) is 4.96 Å². The van der Waals surface area contributed by atoms with Crippen LogP contribution in [0.15, 0.2) is 36.7 Å². The molecule has 1 saturated heterocycles. The van der Waals surface area contributed by atoms with Crippen LogP contribution in [-0.4, -0.2) is 51.3 Å². The van der Waals surface area contributed by atoms with Gasteiger partial charge in [-0.1, -0.05) is 50.3 Å². The summed E-state index contributed by atoms with van der Waals surface area (Å²) < 4.78 is 2.09. The topological polar surface area (TPSA) is 66.9 Å². The Balaban J connectivity index is 1.37. The molecule has 0 aliphatic carbocycles. The van der Waals surface area contributed by atoms with Crippen LogP contribution in [-0.2, 0) is 11.3 Å². The maximum atomic E-state index is 12.4. The van der Waals surface area contributed by atoms with E-state index in [4.69, 9.17) is 10.7 Å². The Labute approximate surface area is 175 Å². The first-order valence-corrected chi connectivity index (χ1v) is 10.9. The van der Waals surface area contributed by atoms with E-state index in [0.717, 1.165) is 54.6 Å². The fourth-order valence-corrected chi connectivity index (χ4v) is 4.72. The van der Waals surface area contributed by atoms with Gasteiger partial charge in [0.25, 0.3) is 0 Å². The van der Waals surface area contributed by atoms with Crippen LogP contribution in [0.5, 0.6) is 0 Å². The van der Waals surface area contributed by atoms with Gasteiger partial charge >= 0.3 is 0 Å². The minimum atomic E-state index is 0.0449. The van der Waals surface area contributed by atoms with Crippen molar-refractivity contribution in [3.8, 4) is 11.3 Å². The van der Waals surface area contributed by atoms with Crippen LogP contribution in [0.2, 0.25) is 0 Å². The number of hydrogen-bond donors (Lipinski definition) is 1. The second kappa shape index (κ2) is 7.80. The van der Waals surface area contributed by atoms with Gasteiger partial charge in [0, 0.05) is 67.7 Å². The summed E-state index contributed by atoms with van der Waals surface area (Å²) in [4.78, 5) is 23.9. The molecule has 4 rings (SSSR count). The molecule has 154 valence electrons. The van der Waals surface area contributed by atoms with Gasteiger partial charge in [0.2, 0.25) is 5.91 Å². The van der Waals surface area contributed by atoms with Crippen molar-refractivity contribution in [2.24, 2.45) is 5.41 Å². The Morgan fingerprint density at radius 3 is 2.52 bits per heavy atom. The van der Waals surface area contributed by atoms with Crippen molar-refractivity contribution >= 4 is 27.9 Å². The van der Waals surface area contributed by atoms with E-state index in [2.05, 4.69) is 36.3 Å². The molecule has 0 unspecified atom stereocenters. The number of nitrogens with two attached hydrogens (primary N) is 1. The highest BCUT2D eigenvalue weighted by atomic mass is 32.1. The first kappa shape index (κ1) is 19.9. The second-order valence-electron chi connectivity index (χ2n) is 9.00. The Hall–Kier alpha value is -2.38. The lowest BCUT2D eigenvalue weighted by atomic mass is 9.91. The van der Waals surface area contributed by atoms with Gasteiger partial charge in [0.05, 0.1) is 5.69 Å². The summed E-state index contributed by atoms with van der Waals surface area (Å²) in [5.41, 5.74) is 8.76. The number of thiazole rings is 1. The van der Waals surface area contributed by atoms with Crippen molar-refractivity contribution in [3.63, 3.8) is 0 Å². The summed E-state index contributed by atoms with van der Waals surface area (Å²) >= 11 is 1.72. The molecule has 29 heavy (non-hydrogen) atoms. The van der Waals surface area contributed by atoms with E-state index < -0.39 is 0 Å². The molecule has 1 amide bonds. The van der Waals surface area contributed by atoms with Crippen LogP contribution >= 0.6 is 11.3 Å². The largest absolute Gasteiger partial charge is 0.398 e. The molecule has 0 saturated carbocycles. The van der Waals surface area contributed by atoms with Crippen molar-refractivity contribution in [1.29, 1.82) is 0 Å². The molecule has 3 heterocycles. The Kier molecular flexibility index (Phi) is 5.36. The number of hydrogen-bond acceptors (Lipinski definition) is 5. The molecule has 6 nitrogen and oxygen atoms in total. The van der Waals surface area contributed by atoms with Gasteiger partial charge in [-0.25, -0.2) is 4.98 Å². The van der Waals surface area contributed by atoms with E-state index in [1.54, 1.807) is 11.3 Å². The molecule has 0 spiro atoms. The number of para-hydroxylation sites is 1. The van der Waals surface area contributed by atoms with E-state index >= 15 is 0 Å². The fourth-order valence-electron chi connectivity index (χ4n) is 3.72. The third kappa shape index (κ3) is 4.62. The molecule has 0 radical (unpaired) electrons. The first-order chi connectivity index (χ1) is 13.8. The summed E-state index contributed by atoms with van der Waals surface area (Å²) in [5, 5.41) is 0. The van der Waals surface area contributed by atoms with Crippen LogP contribution < -0.4 is 5.73 Å². The number of imidazole rings is 1. The van der Waals surface area contributed by atoms with Crippen molar-refractivity contribution < 1.29 is 4.79 Å². The molecule has 0 bridgehead atoms. The van der Waals surface area contributed by atoms with Gasteiger partial charge in [0.1, 0.15) is 0 Å². The quantitative estimate of drug-likeness (QED) is 0.665. The van der Waals surface area contributed by atoms with E-state index in [-0.39, 0.29) is 11.3 Å². The molecular weight excluding hydrogens is 382 g/mol. The van der Waals surface area contributed by atoms with Crippen LogP contribution in [0.1, 0.15) is 32.1 Å². The van der Waals surface area contributed by atoms with E-state index in [1.165, 1.54) is 4.88 Å². The SMILES string of the molecule is CC(C)(C)CC(=O)N1CCN(Cc2cn3cc(-c4ccccc4N)nc3s2)CC1. The number of benzene rings is 1. The maximum Gasteiger partial charge on any atom is 0.223 e. The molecular formula is C22H29N5OS. The molecule has 0 atom stereocenters. The van der Waals surface area contributed by atoms with Gasteiger partial charge < -0.3 is 10.6 Å². The molecule has 1 fully saturated rings. The molecule has 1 aliphatic heterocycles. The average Bonchev–Trinajstić information content (AvgIpc) is 3.19. The number of fused-ring (bicyclic) bond motifs is 1. The summed E-state index contributed by atoms with van der Waals surface area (Å²) in [6, 6.07) is 7.82. The zero-order valence-electron chi connectivity index (χ0n) is 17.4. The van der Waals surface area contributed by atoms with E-state index in [1.807, 2.05) is 35.4 Å². The predicted octanol–water partition coefficient (Wildman–Crippen LogP) is 3.73. The number of nitrogens with zero attached hydrogens (tertiary/aromatic N) is 4. The molecule has 1 aromatic carbocycles. The van der Waals surface area contributed by atoms with Crippen LogP contribution in [0, 0.1) is 5.41 Å². The zero-order valence-corrected chi connectivity index (χ0v) is 18.2. The fraction of sp³-hybridized carbons (Fsp3) is 0.455. The lowest BCUT2D eigenvalue weighted by molar-refractivity contribution is -0.134. The Morgan fingerprint density at radius 2 is 1.86 bits per heavy atom. The number of piperazine rings is 1. The zero-order chi connectivity index (χ0) is 20.6. The van der Waals surface area contributed by atoms with Gasteiger partial charge in [-0.05, 0) is 11.5 Å². The molecule has 2 aromatic heterocycles. The van der Waals surface area contributed by atoms with Gasteiger partial charge in [-0.3, -0.25) is 14.1 Å². The van der Waals surface area contributed by atoms with Gasteiger partial charge in [-0.15, -0.1) is 0 Å². The van der Waals surface area contributed by atoms with Crippen molar-refractivity contribution in [3.05, 3.63) is 41.5 Å². The highest BCUT2D eigenvalue weighted by molar-refractivity contribution is 7.17. The van der Waals surface area contributed by atoms with Crippen molar-refractivity contribution in [2.45, 2.75) is 33.7 Å². The highest BCUT2D eigenvalue weighted by Crippen LogP contribution is 2.28. The first-order valence-electron chi connectivity index (χ1n) is 10.1. The minimum absolute atomic E-state index is 0.0449. The van der Waals surface area contributed by atoms with Crippen molar-refractivity contribution in [1.82, 2.24) is 19.2 Å². The molecule has 7 heteroatoms. The van der Waals surface area contributed by atoms with E-state index in [9.17, 15) is 4.79 Å². The second-order valence-corrected chi connectivity index (χ2v) is 10.1. The summed E-state index contributed by atoms with van der Waals surface area (Å²) in [6.07, 6.45) is 4.82.